The predicted octanol–water partition coefficient (Wildman–Crippen LogP) is 3.69. The Hall–Kier alpha value is -1.22. The van der Waals surface area contributed by atoms with E-state index in [4.69, 9.17) is 28.4 Å². The van der Waals surface area contributed by atoms with Crippen LogP contribution in [0.25, 0.3) is 0 Å². The van der Waals surface area contributed by atoms with Gasteiger partial charge < -0.3 is 28.4 Å². The minimum atomic E-state index is -0.467. The van der Waals surface area contributed by atoms with Crippen LogP contribution in [0.15, 0.2) is 0 Å². The third-order valence-corrected chi connectivity index (χ3v) is 3.96. The summed E-state index contributed by atoms with van der Waals surface area (Å²) < 4.78 is 31.8. The van der Waals surface area contributed by atoms with Gasteiger partial charge in [-0.15, -0.1) is 0 Å². The number of unbranched alkanes of at least 4 members (excludes halogenated alkanes) is 4. The maximum atomic E-state index is 11.5. The molecule has 0 saturated heterocycles. The van der Waals surface area contributed by atoms with Gasteiger partial charge in [-0.25, -0.2) is 0 Å². The van der Waals surface area contributed by atoms with Crippen molar-refractivity contribution in [3.8, 4) is 0 Å². The second-order valence-electron chi connectivity index (χ2n) is 8.17. The van der Waals surface area contributed by atoms with Crippen LogP contribution in [-0.4, -0.2) is 77.0 Å². The Morgan fingerprint density at radius 3 is 1.58 bits per heavy atom. The van der Waals surface area contributed by atoms with Gasteiger partial charge in [0.2, 0.25) is 0 Å². The number of esters is 2. The van der Waals surface area contributed by atoms with Gasteiger partial charge in [0.25, 0.3) is 0 Å². The highest BCUT2D eigenvalue weighted by Gasteiger charge is 2.15. The summed E-state index contributed by atoms with van der Waals surface area (Å²) in [5, 5.41) is 0. The van der Waals surface area contributed by atoms with Crippen molar-refractivity contribution in [3.05, 3.63) is 0 Å². The van der Waals surface area contributed by atoms with Gasteiger partial charge in [-0.2, -0.15) is 0 Å². The summed E-state index contributed by atoms with van der Waals surface area (Å²) in [5.74, 6) is -0.415. The summed E-state index contributed by atoms with van der Waals surface area (Å²) in [5.41, 5.74) is -0.467. The van der Waals surface area contributed by atoms with Crippen LogP contribution in [0, 0.1) is 0 Å². The van der Waals surface area contributed by atoms with Gasteiger partial charge in [0.1, 0.15) is 12.2 Å². The number of hydrogen-bond acceptors (Lipinski definition) is 8. The molecule has 0 unspecified atom stereocenters. The van der Waals surface area contributed by atoms with E-state index in [1.165, 1.54) is 19.3 Å². The van der Waals surface area contributed by atoms with Gasteiger partial charge in [0.15, 0.2) is 0 Å². The van der Waals surface area contributed by atoms with Crippen LogP contribution in [0.5, 0.6) is 0 Å². The Kier molecular flexibility index (Phi) is 19.9. The van der Waals surface area contributed by atoms with E-state index >= 15 is 0 Å². The van der Waals surface area contributed by atoms with E-state index in [1.807, 2.05) is 20.8 Å². The van der Waals surface area contributed by atoms with Crippen molar-refractivity contribution in [3.63, 3.8) is 0 Å². The molecule has 0 aromatic carbocycles. The summed E-state index contributed by atoms with van der Waals surface area (Å²) in [4.78, 5) is 23.0. The van der Waals surface area contributed by atoms with Crippen molar-refractivity contribution in [1.29, 1.82) is 0 Å². The van der Waals surface area contributed by atoms with Crippen molar-refractivity contribution in [2.24, 2.45) is 0 Å². The first kappa shape index (κ1) is 29.8. The molecule has 0 fully saturated rings. The van der Waals surface area contributed by atoms with Crippen molar-refractivity contribution >= 4 is 11.9 Å². The van der Waals surface area contributed by atoms with E-state index < -0.39 is 5.60 Å². The molecule has 0 aliphatic carbocycles. The normalized spacial score (nSPS) is 11.5. The molecule has 8 heteroatoms. The molecule has 0 aliphatic heterocycles. The maximum absolute atomic E-state index is 11.5. The van der Waals surface area contributed by atoms with Crippen LogP contribution in [0.4, 0.5) is 0 Å². The molecule has 0 bridgehead atoms. The van der Waals surface area contributed by atoms with E-state index in [0.29, 0.717) is 59.3 Å². The van der Waals surface area contributed by atoms with E-state index in [-0.39, 0.29) is 25.0 Å². The lowest BCUT2D eigenvalue weighted by Gasteiger charge is -2.19. The van der Waals surface area contributed by atoms with Crippen molar-refractivity contribution in [1.82, 2.24) is 0 Å². The van der Waals surface area contributed by atoms with E-state index in [9.17, 15) is 9.59 Å². The quantitative estimate of drug-likeness (QED) is 0.194. The molecule has 0 N–H and O–H groups in total. The van der Waals surface area contributed by atoms with Gasteiger partial charge in [-0.05, 0) is 27.2 Å². The molecule has 0 aromatic rings. The highest BCUT2D eigenvalue weighted by Crippen LogP contribution is 2.08. The Labute approximate surface area is 188 Å². The molecular weight excluding hydrogens is 404 g/mol. The smallest absolute Gasteiger partial charge is 0.308 e. The average molecular weight is 449 g/mol. The monoisotopic (exact) mass is 448 g/mol. The molecule has 0 amide bonds. The lowest BCUT2D eigenvalue weighted by molar-refractivity contribution is -0.156. The van der Waals surface area contributed by atoms with Gasteiger partial charge in [0.05, 0.1) is 59.3 Å². The number of carbonyl (C=O) groups is 2. The van der Waals surface area contributed by atoms with E-state index in [0.717, 1.165) is 12.8 Å². The number of carbonyl (C=O) groups excluding carboxylic acids is 2. The molecule has 0 rings (SSSR count). The van der Waals surface area contributed by atoms with Crippen LogP contribution in [0.3, 0.4) is 0 Å². The molecule has 0 atom stereocenters. The SMILES string of the molecule is CCCCCCCC(=O)OCCOCCOCCOCCOCCC(=O)OC(C)(C)C. The lowest BCUT2D eigenvalue weighted by Crippen LogP contribution is -2.24. The third kappa shape index (κ3) is 24.9. The molecule has 31 heavy (non-hydrogen) atoms. The second kappa shape index (κ2) is 20.7. The first-order chi connectivity index (χ1) is 14.8. The van der Waals surface area contributed by atoms with Crippen molar-refractivity contribution in [2.45, 2.75) is 78.2 Å². The van der Waals surface area contributed by atoms with Crippen molar-refractivity contribution < 1.29 is 38.0 Å². The fourth-order valence-electron chi connectivity index (χ4n) is 2.47. The fraction of sp³-hybridized carbons (Fsp3) is 0.913. The Morgan fingerprint density at radius 1 is 0.581 bits per heavy atom. The minimum Gasteiger partial charge on any atom is -0.463 e. The van der Waals surface area contributed by atoms with Crippen LogP contribution < -0.4 is 0 Å². The van der Waals surface area contributed by atoms with Crippen LogP contribution in [-0.2, 0) is 38.0 Å². The Bertz CT molecular complexity index is 434. The van der Waals surface area contributed by atoms with E-state index in [2.05, 4.69) is 6.92 Å². The average Bonchev–Trinajstić information content (AvgIpc) is 2.69. The zero-order valence-corrected chi connectivity index (χ0v) is 20.1. The summed E-state index contributed by atoms with van der Waals surface area (Å²) in [7, 11) is 0. The number of ether oxygens (including phenoxy) is 6. The standard InChI is InChI=1S/C23H44O8/c1-5-6-7-8-9-10-21(24)30-20-19-29-18-17-28-16-15-27-14-13-26-12-11-22(25)31-23(2,3)4/h5-20H2,1-4H3. The molecule has 0 radical (unpaired) electrons. The highest BCUT2D eigenvalue weighted by atomic mass is 16.6. The molecule has 0 aromatic heterocycles. The molecule has 0 aliphatic rings. The van der Waals surface area contributed by atoms with Crippen molar-refractivity contribution in [2.75, 3.05) is 59.5 Å². The van der Waals surface area contributed by atoms with Gasteiger partial charge in [0, 0.05) is 6.42 Å². The van der Waals surface area contributed by atoms with Gasteiger partial charge >= 0.3 is 11.9 Å². The molecule has 184 valence electrons. The fourth-order valence-corrected chi connectivity index (χ4v) is 2.47. The zero-order valence-electron chi connectivity index (χ0n) is 20.1. The summed E-state index contributed by atoms with van der Waals surface area (Å²) in [6.07, 6.45) is 6.31. The molecular formula is C23H44O8. The lowest BCUT2D eigenvalue weighted by atomic mass is 10.1. The maximum Gasteiger partial charge on any atom is 0.308 e. The predicted molar refractivity (Wildman–Crippen MR) is 118 cm³/mol. The molecule has 0 heterocycles. The Morgan fingerprint density at radius 2 is 1.06 bits per heavy atom. The largest absolute Gasteiger partial charge is 0.463 e. The van der Waals surface area contributed by atoms with Gasteiger partial charge in [-0.3, -0.25) is 9.59 Å². The molecule has 0 spiro atoms. The first-order valence-electron chi connectivity index (χ1n) is 11.5. The summed E-state index contributed by atoms with van der Waals surface area (Å²) in [6.45, 7) is 11.4. The minimum absolute atomic E-state index is 0.151. The van der Waals surface area contributed by atoms with Crippen LogP contribution in [0.1, 0.15) is 72.6 Å². The van der Waals surface area contributed by atoms with Crippen LogP contribution >= 0.6 is 0 Å². The summed E-state index contributed by atoms with van der Waals surface area (Å²) >= 11 is 0. The summed E-state index contributed by atoms with van der Waals surface area (Å²) in [6, 6.07) is 0. The second-order valence-corrected chi connectivity index (χ2v) is 8.17. The third-order valence-electron chi connectivity index (χ3n) is 3.96. The van der Waals surface area contributed by atoms with E-state index in [1.54, 1.807) is 0 Å². The Balaban J connectivity index is 3.21. The number of rotatable bonds is 21. The first-order valence-corrected chi connectivity index (χ1v) is 11.5. The number of hydrogen-bond donors (Lipinski definition) is 0. The topological polar surface area (TPSA) is 89.5 Å². The van der Waals surface area contributed by atoms with Gasteiger partial charge in [-0.1, -0.05) is 32.6 Å². The highest BCUT2D eigenvalue weighted by molar-refractivity contribution is 5.70. The molecule has 8 nitrogen and oxygen atoms in total. The van der Waals surface area contributed by atoms with Crippen LogP contribution in [0.2, 0.25) is 0 Å². The molecule has 0 saturated carbocycles. The zero-order chi connectivity index (χ0) is 23.2.